The molecule has 0 aliphatic carbocycles. The number of nitrogens with one attached hydrogen (secondary N) is 2. The first-order valence-corrected chi connectivity index (χ1v) is 9.20. The number of hydrogen-bond donors (Lipinski definition) is 2. The predicted molar refractivity (Wildman–Crippen MR) is 95.3 cm³/mol. The summed E-state index contributed by atoms with van der Waals surface area (Å²) < 4.78 is 1.14. The molecule has 7 heteroatoms. The molecule has 0 radical (unpaired) electrons. The fourth-order valence-corrected chi connectivity index (χ4v) is 4.12. The number of nitrogens with zero attached hydrogens (tertiary/aromatic N) is 2. The summed E-state index contributed by atoms with van der Waals surface area (Å²) in [6, 6.07) is 4.15. The van der Waals surface area contributed by atoms with Gasteiger partial charge in [0.2, 0.25) is 0 Å². The lowest BCUT2D eigenvalue weighted by molar-refractivity contribution is 0.820. The lowest BCUT2D eigenvalue weighted by atomic mass is 10.4. The van der Waals surface area contributed by atoms with Crippen LogP contribution in [-0.4, -0.2) is 17.5 Å². The maximum atomic E-state index is 4.62. The molecular weight excluding hydrogens is 368 g/mol. The molecule has 2 heterocycles. The summed E-state index contributed by atoms with van der Waals surface area (Å²) in [6.07, 6.45) is 0. The van der Waals surface area contributed by atoms with Crippen molar-refractivity contribution in [2.45, 2.75) is 33.9 Å². The summed E-state index contributed by atoms with van der Waals surface area (Å²) in [7, 11) is 0. The van der Waals surface area contributed by atoms with Crippen molar-refractivity contribution in [3.05, 3.63) is 36.4 Å². The Labute approximate surface area is 141 Å². The van der Waals surface area contributed by atoms with E-state index in [0.717, 1.165) is 33.5 Å². The van der Waals surface area contributed by atoms with Crippen LogP contribution in [0.5, 0.6) is 0 Å². The normalized spacial score (nSPS) is 11.7. The SMILES string of the molecule is CCNC(=NCc1ccc(Br)s1)NCc1sc(C)nc1C. The van der Waals surface area contributed by atoms with Crippen molar-refractivity contribution in [1.82, 2.24) is 15.6 Å². The van der Waals surface area contributed by atoms with E-state index >= 15 is 0 Å². The van der Waals surface area contributed by atoms with E-state index in [2.05, 4.69) is 55.6 Å². The molecule has 0 unspecified atom stereocenters. The van der Waals surface area contributed by atoms with Gasteiger partial charge in [0.05, 0.1) is 27.6 Å². The van der Waals surface area contributed by atoms with Crippen molar-refractivity contribution < 1.29 is 0 Å². The smallest absolute Gasteiger partial charge is 0.191 e. The minimum absolute atomic E-state index is 0.687. The van der Waals surface area contributed by atoms with Crippen LogP contribution < -0.4 is 10.6 Å². The van der Waals surface area contributed by atoms with Gasteiger partial charge in [-0.15, -0.1) is 22.7 Å². The minimum Gasteiger partial charge on any atom is -0.357 e. The number of aryl methyl sites for hydroxylation is 2. The lowest BCUT2D eigenvalue weighted by Crippen LogP contribution is -2.36. The van der Waals surface area contributed by atoms with Crippen LogP contribution in [0.15, 0.2) is 20.9 Å². The highest BCUT2D eigenvalue weighted by Crippen LogP contribution is 2.22. The highest BCUT2D eigenvalue weighted by atomic mass is 79.9. The molecule has 0 amide bonds. The molecule has 0 spiro atoms. The standard InChI is InChI=1S/C14H19BrN4S2/c1-4-16-14(17-7-11-5-6-13(15)21-11)18-8-12-9(2)19-10(3)20-12/h5-6H,4,7-8H2,1-3H3,(H2,16,17,18). The van der Waals surface area contributed by atoms with Crippen molar-refractivity contribution in [2.24, 2.45) is 4.99 Å². The van der Waals surface area contributed by atoms with Gasteiger partial charge in [0, 0.05) is 16.3 Å². The van der Waals surface area contributed by atoms with Gasteiger partial charge in [0.1, 0.15) is 0 Å². The Balaban J connectivity index is 1.96. The third-order valence-corrected chi connectivity index (χ3v) is 5.46. The lowest BCUT2D eigenvalue weighted by Gasteiger charge is -2.10. The Morgan fingerprint density at radius 3 is 2.67 bits per heavy atom. The van der Waals surface area contributed by atoms with E-state index in [1.807, 2.05) is 13.8 Å². The molecule has 0 atom stereocenters. The van der Waals surface area contributed by atoms with Gasteiger partial charge < -0.3 is 10.6 Å². The van der Waals surface area contributed by atoms with Crippen molar-refractivity contribution >= 4 is 44.6 Å². The van der Waals surface area contributed by atoms with Gasteiger partial charge in [-0.2, -0.15) is 0 Å². The van der Waals surface area contributed by atoms with Crippen LogP contribution in [0.2, 0.25) is 0 Å². The maximum absolute atomic E-state index is 4.62. The minimum atomic E-state index is 0.687. The van der Waals surface area contributed by atoms with Crippen LogP contribution >= 0.6 is 38.6 Å². The highest BCUT2D eigenvalue weighted by Gasteiger charge is 2.06. The van der Waals surface area contributed by atoms with Crippen molar-refractivity contribution in [2.75, 3.05) is 6.54 Å². The largest absolute Gasteiger partial charge is 0.357 e. The molecule has 0 saturated carbocycles. The maximum Gasteiger partial charge on any atom is 0.191 e. The third kappa shape index (κ3) is 5.09. The van der Waals surface area contributed by atoms with Crippen molar-refractivity contribution in [3.63, 3.8) is 0 Å². The molecule has 114 valence electrons. The van der Waals surface area contributed by atoms with E-state index in [9.17, 15) is 0 Å². The Bertz CT molecular complexity index is 618. The number of halogens is 1. The molecular formula is C14H19BrN4S2. The average molecular weight is 387 g/mol. The molecule has 0 aromatic carbocycles. The van der Waals surface area contributed by atoms with Gasteiger partial charge in [0.15, 0.2) is 5.96 Å². The molecule has 0 saturated heterocycles. The molecule has 2 aromatic heterocycles. The molecule has 0 bridgehead atoms. The summed E-state index contributed by atoms with van der Waals surface area (Å²) in [6.45, 7) is 8.45. The van der Waals surface area contributed by atoms with Crippen LogP contribution in [0.25, 0.3) is 0 Å². The van der Waals surface area contributed by atoms with Crippen LogP contribution in [-0.2, 0) is 13.1 Å². The van der Waals surface area contributed by atoms with Gasteiger partial charge in [-0.1, -0.05) is 0 Å². The van der Waals surface area contributed by atoms with Gasteiger partial charge >= 0.3 is 0 Å². The molecule has 0 aliphatic heterocycles. The highest BCUT2D eigenvalue weighted by molar-refractivity contribution is 9.11. The van der Waals surface area contributed by atoms with E-state index < -0.39 is 0 Å². The Morgan fingerprint density at radius 1 is 1.29 bits per heavy atom. The molecule has 2 aromatic rings. The third-order valence-electron chi connectivity index (χ3n) is 2.78. The first kappa shape index (κ1) is 16.5. The zero-order valence-corrected chi connectivity index (χ0v) is 15.6. The summed E-state index contributed by atoms with van der Waals surface area (Å²) in [4.78, 5) is 11.6. The summed E-state index contributed by atoms with van der Waals surface area (Å²) in [5.41, 5.74) is 1.10. The number of hydrogen-bond acceptors (Lipinski definition) is 4. The summed E-state index contributed by atoms with van der Waals surface area (Å²) in [5.74, 6) is 0.840. The van der Waals surface area contributed by atoms with E-state index in [-0.39, 0.29) is 0 Å². The second kappa shape index (κ2) is 7.91. The van der Waals surface area contributed by atoms with Crippen LogP contribution in [0.1, 0.15) is 27.4 Å². The Kier molecular flexibility index (Phi) is 6.20. The van der Waals surface area contributed by atoms with E-state index in [0.29, 0.717) is 6.54 Å². The number of rotatable bonds is 5. The van der Waals surface area contributed by atoms with Crippen LogP contribution in [0.4, 0.5) is 0 Å². The number of thiophene rings is 1. The van der Waals surface area contributed by atoms with E-state index in [1.54, 1.807) is 22.7 Å². The summed E-state index contributed by atoms with van der Waals surface area (Å²) >= 11 is 6.92. The molecule has 2 N–H and O–H groups in total. The first-order chi connectivity index (χ1) is 10.1. The fourth-order valence-electron chi connectivity index (χ4n) is 1.84. The molecule has 4 nitrogen and oxygen atoms in total. The van der Waals surface area contributed by atoms with Gasteiger partial charge in [-0.05, 0) is 48.8 Å². The van der Waals surface area contributed by atoms with Crippen molar-refractivity contribution in [1.29, 1.82) is 0 Å². The predicted octanol–water partition coefficient (Wildman–Crippen LogP) is 3.84. The van der Waals surface area contributed by atoms with E-state index in [1.165, 1.54) is 9.75 Å². The van der Waals surface area contributed by atoms with Crippen LogP contribution in [0, 0.1) is 13.8 Å². The molecule has 2 rings (SSSR count). The first-order valence-electron chi connectivity index (χ1n) is 6.77. The van der Waals surface area contributed by atoms with Crippen molar-refractivity contribution in [3.8, 4) is 0 Å². The fraction of sp³-hybridized carbons (Fsp3) is 0.429. The number of aliphatic imine (C=N–C) groups is 1. The van der Waals surface area contributed by atoms with Crippen LogP contribution in [0.3, 0.4) is 0 Å². The quantitative estimate of drug-likeness (QED) is 0.606. The van der Waals surface area contributed by atoms with Gasteiger partial charge in [-0.3, -0.25) is 0 Å². The Morgan fingerprint density at radius 2 is 2.10 bits per heavy atom. The zero-order valence-electron chi connectivity index (χ0n) is 12.4. The second-order valence-electron chi connectivity index (χ2n) is 4.50. The number of guanidine groups is 1. The van der Waals surface area contributed by atoms with E-state index in [4.69, 9.17) is 0 Å². The van der Waals surface area contributed by atoms with Gasteiger partial charge in [0.25, 0.3) is 0 Å². The second-order valence-corrected chi connectivity index (χ2v) is 8.33. The summed E-state index contributed by atoms with van der Waals surface area (Å²) in [5, 5.41) is 7.75. The molecule has 21 heavy (non-hydrogen) atoms. The molecule has 0 aliphatic rings. The topological polar surface area (TPSA) is 49.3 Å². The monoisotopic (exact) mass is 386 g/mol. The average Bonchev–Trinajstić information content (AvgIpc) is 2.99. The molecule has 0 fully saturated rings. The number of thiazole rings is 1. The zero-order chi connectivity index (χ0) is 15.2. The number of aromatic nitrogens is 1. The Hall–Kier alpha value is -0.920. The van der Waals surface area contributed by atoms with Gasteiger partial charge in [-0.25, -0.2) is 9.98 Å².